The summed E-state index contributed by atoms with van der Waals surface area (Å²) < 4.78 is 35.4. The lowest BCUT2D eigenvalue weighted by Crippen LogP contribution is -1.98. The van der Waals surface area contributed by atoms with Crippen molar-refractivity contribution in [1.29, 1.82) is 0 Å². The van der Waals surface area contributed by atoms with Gasteiger partial charge in [0.15, 0.2) is 0 Å². The molecule has 0 atom stereocenters. The Bertz CT molecular complexity index is 441. The molecule has 0 saturated carbocycles. The van der Waals surface area contributed by atoms with Crippen molar-refractivity contribution in [3.63, 3.8) is 0 Å². The Kier molecular flexibility index (Phi) is 3.04. The molecule has 14 heavy (non-hydrogen) atoms. The monoisotopic (exact) mass is 236 g/mol. The molecule has 1 heterocycles. The molecule has 0 saturated heterocycles. The summed E-state index contributed by atoms with van der Waals surface area (Å²) in [6, 6.07) is 4.34. The van der Waals surface area contributed by atoms with Crippen LogP contribution in [0.1, 0.15) is 5.56 Å². The lowest BCUT2D eigenvalue weighted by molar-refractivity contribution is 0.356. The van der Waals surface area contributed by atoms with E-state index in [4.69, 9.17) is 9.29 Å². The highest BCUT2D eigenvalue weighted by Gasteiger charge is 2.16. The van der Waals surface area contributed by atoms with Gasteiger partial charge in [-0.2, -0.15) is 8.42 Å². The summed E-state index contributed by atoms with van der Waals surface area (Å²) in [6.45, 7) is 0.574. The van der Waals surface area contributed by atoms with Gasteiger partial charge in [-0.05, 0) is 23.8 Å². The van der Waals surface area contributed by atoms with Gasteiger partial charge < -0.3 is 4.74 Å². The Morgan fingerprint density at radius 1 is 1.36 bits per heavy atom. The smallest absolute Gasteiger partial charge is 0.294 e. The van der Waals surface area contributed by atoms with E-state index in [1.165, 1.54) is 12.1 Å². The van der Waals surface area contributed by atoms with Crippen LogP contribution in [0.3, 0.4) is 0 Å². The Morgan fingerprint density at radius 2 is 2.07 bits per heavy atom. The normalized spacial score (nSPS) is 14.1. The third-order valence-corrected chi connectivity index (χ3v) is 2.81. The van der Waals surface area contributed by atoms with Crippen molar-refractivity contribution >= 4 is 22.5 Å². The first-order valence-electron chi connectivity index (χ1n) is 3.80. The summed E-state index contributed by atoms with van der Waals surface area (Å²) in [5, 5.41) is 0. The lowest BCUT2D eigenvalue weighted by Gasteiger charge is -2.00. The molecule has 78 valence electrons. The third-order valence-electron chi connectivity index (χ3n) is 1.96. The van der Waals surface area contributed by atoms with Crippen LogP contribution in [0.15, 0.2) is 23.1 Å². The molecule has 0 bridgehead atoms. The van der Waals surface area contributed by atoms with Crippen molar-refractivity contribution in [2.45, 2.75) is 11.3 Å². The van der Waals surface area contributed by atoms with Crippen LogP contribution in [0.2, 0.25) is 0 Å². The van der Waals surface area contributed by atoms with Gasteiger partial charge in [-0.25, -0.2) is 0 Å². The Balaban J connectivity index is 0.000000980. The predicted molar refractivity (Wildman–Crippen MR) is 52.7 cm³/mol. The van der Waals surface area contributed by atoms with E-state index in [1.807, 2.05) is 0 Å². The maximum absolute atomic E-state index is 10.7. The van der Waals surface area contributed by atoms with E-state index in [0.717, 1.165) is 5.56 Å². The van der Waals surface area contributed by atoms with Crippen molar-refractivity contribution in [3.8, 4) is 5.75 Å². The Labute approximate surface area is 88.1 Å². The van der Waals surface area contributed by atoms with Crippen LogP contribution in [0.5, 0.6) is 5.75 Å². The molecule has 1 aliphatic heterocycles. The molecule has 6 heteroatoms. The molecule has 1 N–H and O–H groups in total. The third kappa shape index (κ3) is 2.00. The number of fused-ring (bicyclic) bond motifs is 1. The average Bonchev–Trinajstić information content (AvgIpc) is 2.47. The molecule has 2 rings (SSSR count). The van der Waals surface area contributed by atoms with Crippen molar-refractivity contribution in [2.75, 3.05) is 6.61 Å². The fraction of sp³-hybridized carbons (Fsp3) is 0.250. The molecule has 0 fully saturated rings. The first-order valence-corrected chi connectivity index (χ1v) is 5.24. The van der Waals surface area contributed by atoms with Crippen LogP contribution < -0.4 is 4.74 Å². The van der Waals surface area contributed by atoms with Crippen molar-refractivity contribution in [1.82, 2.24) is 0 Å². The molecule has 0 amide bonds. The summed E-state index contributed by atoms with van der Waals surface area (Å²) in [7, 11) is -4.08. The number of hydrogen-bond donors (Lipinski definition) is 1. The van der Waals surface area contributed by atoms with Gasteiger partial charge in [0.25, 0.3) is 10.1 Å². The van der Waals surface area contributed by atoms with E-state index < -0.39 is 10.1 Å². The highest BCUT2D eigenvalue weighted by Crippen LogP contribution is 2.27. The highest BCUT2D eigenvalue weighted by atomic mass is 35.5. The van der Waals surface area contributed by atoms with E-state index in [9.17, 15) is 8.42 Å². The molecular formula is C8H9ClO4S. The standard InChI is InChI=1S/C8H8O4S.ClH/c9-13(10,11)7-1-2-8-6(5-7)3-4-12-8;/h1-2,5H,3-4H2,(H,9,10,11);1H. The van der Waals surface area contributed by atoms with Gasteiger partial charge in [0.05, 0.1) is 11.5 Å². The average molecular weight is 237 g/mol. The Hall–Kier alpha value is -0.780. The molecule has 0 aliphatic carbocycles. The maximum Gasteiger partial charge on any atom is 0.294 e. The zero-order chi connectivity index (χ0) is 9.47. The van der Waals surface area contributed by atoms with Gasteiger partial charge in [0.2, 0.25) is 0 Å². The van der Waals surface area contributed by atoms with Crippen LogP contribution in [-0.2, 0) is 16.5 Å². The number of halogens is 1. The van der Waals surface area contributed by atoms with Gasteiger partial charge in [-0.1, -0.05) is 0 Å². The second kappa shape index (κ2) is 3.76. The number of rotatable bonds is 1. The van der Waals surface area contributed by atoms with Crippen LogP contribution in [0.4, 0.5) is 0 Å². The quantitative estimate of drug-likeness (QED) is 0.747. The van der Waals surface area contributed by atoms with E-state index in [-0.39, 0.29) is 17.3 Å². The largest absolute Gasteiger partial charge is 0.493 e. The second-order valence-corrected chi connectivity index (χ2v) is 4.26. The molecular weight excluding hydrogens is 228 g/mol. The first kappa shape index (κ1) is 11.3. The number of hydrogen-bond acceptors (Lipinski definition) is 3. The molecule has 0 unspecified atom stereocenters. The summed E-state index contributed by atoms with van der Waals surface area (Å²) >= 11 is 0. The fourth-order valence-electron chi connectivity index (χ4n) is 1.32. The Morgan fingerprint density at radius 3 is 2.71 bits per heavy atom. The second-order valence-electron chi connectivity index (χ2n) is 2.84. The molecule has 1 aromatic rings. The summed E-state index contributed by atoms with van der Waals surface area (Å²) in [6.07, 6.45) is 0.693. The maximum atomic E-state index is 10.7. The van der Waals surface area contributed by atoms with Gasteiger partial charge in [0, 0.05) is 6.42 Å². The van der Waals surface area contributed by atoms with E-state index in [2.05, 4.69) is 0 Å². The van der Waals surface area contributed by atoms with Crippen LogP contribution in [0.25, 0.3) is 0 Å². The number of ether oxygens (including phenoxy) is 1. The van der Waals surface area contributed by atoms with Crippen molar-refractivity contribution in [3.05, 3.63) is 23.8 Å². The minimum absolute atomic E-state index is 0. The van der Waals surface area contributed by atoms with E-state index >= 15 is 0 Å². The molecule has 0 radical (unpaired) electrons. The first-order chi connectivity index (χ1) is 6.07. The predicted octanol–water partition coefficient (Wildman–Crippen LogP) is 1.29. The summed E-state index contributed by atoms with van der Waals surface area (Å²) in [4.78, 5) is -0.0725. The summed E-state index contributed by atoms with van der Waals surface area (Å²) in [5.74, 6) is 0.701. The summed E-state index contributed by atoms with van der Waals surface area (Å²) in [5.41, 5.74) is 0.829. The van der Waals surface area contributed by atoms with Gasteiger partial charge in [-0.15, -0.1) is 12.4 Å². The molecule has 4 nitrogen and oxygen atoms in total. The SMILES string of the molecule is Cl.O=S(=O)(O)c1ccc2c(c1)CCO2. The minimum Gasteiger partial charge on any atom is -0.493 e. The van der Waals surface area contributed by atoms with Crippen LogP contribution in [-0.4, -0.2) is 19.6 Å². The zero-order valence-corrected chi connectivity index (χ0v) is 8.77. The molecule has 1 aliphatic rings. The minimum atomic E-state index is -4.08. The van der Waals surface area contributed by atoms with Gasteiger partial charge >= 0.3 is 0 Å². The molecule has 0 aromatic heterocycles. The number of benzene rings is 1. The van der Waals surface area contributed by atoms with Gasteiger partial charge in [-0.3, -0.25) is 4.55 Å². The molecule has 1 aromatic carbocycles. The van der Waals surface area contributed by atoms with E-state index in [0.29, 0.717) is 18.8 Å². The fourth-order valence-corrected chi connectivity index (χ4v) is 1.85. The highest BCUT2D eigenvalue weighted by molar-refractivity contribution is 7.85. The van der Waals surface area contributed by atoms with E-state index in [1.54, 1.807) is 6.07 Å². The van der Waals surface area contributed by atoms with Crippen LogP contribution in [0, 0.1) is 0 Å². The van der Waals surface area contributed by atoms with Crippen molar-refractivity contribution < 1.29 is 17.7 Å². The topological polar surface area (TPSA) is 63.6 Å². The van der Waals surface area contributed by atoms with Crippen molar-refractivity contribution in [2.24, 2.45) is 0 Å². The lowest BCUT2D eigenvalue weighted by atomic mass is 10.2. The van der Waals surface area contributed by atoms with Crippen LogP contribution >= 0.6 is 12.4 Å². The van der Waals surface area contributed by atoms with Gasteiger partial charge in [0.1, 0.15) is 5.75 Å². The zero-order valence-electron chi connectivity index (χ0n) is 7.13. The molecule has 0 spiro atoms.